The maximum Gasteiger partial charge on any atom is 0.248 e. The normalized spacial score (nSPS) is 10.6. The highest BCUT2D eigenvalue weighted by Gasteiger charge is 2.09. The Morgan fingerprint density at radius 3 is 2.41 bits per heavy atom. The Morgan fingerprint density at radius 1 is 0.963 bits per heavy atom. The summed E-state index contributed by atoms with van der Waals surface area (Å²) < 4.78 is 21.5. The van der Waals surface area contributed by atoms with Crippen LogP contribution in [0.3, 0.4) is 0 Å². The number of ether oxygens (including phenoxy) is 3. The first-order chi connectivity index (χ1) is 13.2. The Morgan fingerprint density at radius 2 is 1.74 bits per heavy atom. The lowest BCUT2D eigenvalue weighted by Gasteiger charge is -2.12. The summed E-state index contributed by atoms with van der Waals surface area (Å²) >= 11 is 0. The smallest absolute Gasteiger partial charge is 0.248 e. The number of hydrogen-bond acceptors (Lipinski definition) is 5. The molecule has 6 nitrogen and oxygen atoms in total. The van der Waals surface area contributed by atoms with Crippen molar-refractivity contribution in [3.8, 4) is 23.0 Å². The van der Waals surface area contributed by atoms with Gasteiger partial charge in [-0.1, -0.05) is 0 Å². The van der Waals surface area contributed by atoms with E-state index >= 15 is 0 Å². The van der Waals surface area contributed by atoms with E-state index in [2.05, 4.69) is 5.32 Å². The number of furan rings is 1. The van der Waals surface area contributed by atoms with Crippen LogP contribution >= 0.6 is 0 Å². The van der Waals surface area contributed by atoms with Crippen molar-refractivity contribution in [2.45, 2.75) is 0 Å². The molecule has 1 N–H and O–H groups in total. The fourth-order valence-corrected chi connectivity index (χ4v) is 2.33. The zero-order valence-electron chi connectivity index (χ0n) is 15.0. The van der Waals surface area contributed by atoms with Crippen molar-refractivity contribution in [2.24, 2.45) is 0 Å². The first-order valence-corrected chi connectivity index (χ1v) is 8.20. The molecule has 6 heteroatoms. The maximum atomic E-state index is 12.1. The van der Waals surface area contributed by atoms with Crippen LogP contribution in [0.25, 0.3) is 6.08 Å². The van der Waals surface area contributed by atoms with Crippen LogP contribution in [-0.2, 0) is 4.79 Å². The van der Waals surface area contributed by atoms with Gasteiger partial charge in [-0.2, -0.15) is 0 Å². The molecule has 3 rings (SSSR count). The van der Waals surface area contributed by atoms with Gasteiger partial charge in [0.25, 0.3) is 0 Å². The van der Waals surface area contributed by atoms with Gasteiger partial charge in [-0.05, 0) is 54.6 Å². The van der Waals surface area contributed by atoms with E-state index in [9.17, 15) is 4.79 Å². The maximum absolute atomic E-state index is 12.1. The molecule has 0 aliphatic rings. The second kappa shape index (κ2) is 8.62. The summed E-state index contributed by atoms with van der Waals surface area (Å²) in [6.07, 6.45) is 4.53. The van der Waals surface area contributed by atoms with Crippen LogP contribution in [0.1, 0.15) is 5.76 Å². The summed E-state index contributed by atoms with van der Waals surface area (Å²) in [5, 5.41) is 2.78. The van der Waals surface area contributed by atoms with Gasteiger partial charge in [0.1, 0.15) is 17.3 Å². The fraction of sp³-hybridized carbons (Fsp3) is 0.0952. The van der Waals surface area contributed by atoms with Crippen LogP contribution < -0.4 is 19.5 Å². The molecule has 0 atom stereocenters. The van der Waals surface area contributed by atoms with E-state index in [0.29, 0.717) is 28.7 Å². The van der Waals surface area contributed by atoms with Gasteiger partial charge in [0.05, 0.1) is 20.5 Å². The molecule has 0 unspecified atom stereocenters. The Labute approximate surface area is 157 Å². The van der Waals surface area contributed by atoms with Crippen molar-refractivity contribution in [2.75, 3.05) is 19.5 Å². The van der Waals surface area contributed by atoms with E-state index in [4.69, 9.17) is 18.6 Å². The summed E-state index contributed by atoms with van der Waals surface area (Å²) in [6.45, 7) is 0. The zero-order chi connectivity index (χ0) is 19.1. The molecule has 1 heterocycles. The van der Waals surface area contributed by atoms with Gasteiger partial charge in [0, 0.05) is 17.8 Å². The lowest BCUT2D eigenvalue weighted by Crippen LogP contribution is -2.07. The molecule has 27 heavy (non-hydrogen) atoms. The molecule has 1 aromatic heterocycles. The summed E-state index contributed by atoms with van der Waals surface area (Å²) in [6, 6.07) is 15.8. The highest BCUT2D eigenvalue weighted by Crippen LogP contribution is 2.34. The summed E-state index contributed by atoms with van der Waals surface area (Å²) in [4.78, 5) is 12.1. The molecular weight excluding hydrogens is 346 g/mol. The van der Waals surface area contributed by atoms with Gasteiger partial charge < -0.3 is 23.9 Å². The Kier molecular flexibility index (Phi) is 5.79. The topological polar surface area (TPSA) is 69.9 Å². The van der Waals surface area contributed by atoms with Gasteiger partial charge in [0.15, 0.2) is 11.5 Å². The fourth-order valence-electron chi connectivity index (χ4n) is 2.33. The second-order valence-electron chi connectivity index (χ2n) is 5.48. The summed E-state index contributed by atoms with van der Waals surface area (Å²) in [5.41, 5.74) is 0.577. The van der Waals surface area contributed by atoms with Gasteiger partial charge in [-0.25, -0.2) is 0 Å². The predicted molar refractivity (Wildman–Crippen MR) is 102 cm³/mol. The van der Waals surface area contributed by atoms with Gasteiger partial charge >= 0.3 is 0 Å². The molecule has 0 spiro atoms. The van der Waals surface area contributed by atoms with Crippen LogP contribution in [-0.4, -0.2) is 20.1 Å². The average molecular weight is 365 g/mol. The zero-order valence-corrected chi connectivity index (χ0v) is 15.0. The van der Waals surface area contributed by atoms with Crippen LogP contribution in [0, 0.1) is 0 Å². The van der Waals surface area contributed by atoms with Crippen molar-refractivity contribution in [1.82, 2.24) is 0 Å². The molecular formula is C21H19NO5. The standard InChI is InChI=1S/C21H19NO5/c1-24-16-6-8-18(9-7-16)27-20-14-15(5-11-19(20)25-2)22-21(23)12-10-17-4-3-13-26-17/h3-14H,1-2H3,(H,22,23)/b12-10+. The highest BCUT2D eigenvalue weighted by molar-refractivity contribution is 6.01. The second-order valence-corrected chi connectivity index (χ2v) is 5.48. The van der Waals surface area contributed by atoms with Crippen LogP contribution in [0.4, 0.5) is 5.69 Å². The lowest BCUT2D eigenvalue weighted by atomic mass is 10.2. The number of hydrogen-bond donors (Lipinski definition) is 1. The number of amides is 1. The minimum atomic E-state index is -0.285. The lowest BCUT2D eigenvalue weighted by molar-refractivity contribution is -0.111. The highest BCUT2D eigenvalue weighted by atomic mass is 16.5. The van der Waals surface area contributed by atoms with Crippen LogP contribution in [0.2, 0.25) is 0 Å². The van der Waals surface area contributed by atoms with Crippen molar-refractivity contribution in [3.63, 3.8) is 0 Å². The quantitative estimate of drug-likeness (QED) is 0.612. The number of benzene rings is 2. The largest absolute Gasteiger partial charge is 0.497 e. The molecule has 0 radical (unpaired) electrons. The van der Waals surface area contributed by atoms with Gasteiger partial charge in [-0.3, -0.25) is 4.79 Å². The predicted octanol–water partition coefficient (Wildman–Crippen LogP) is 4.74. The number of rotatable bonds is 7. The van der Waals surface area contributed by atoms with E-state index in [1.54, 1.807) is 81.2 Å². The Bertz CT molecular complexity index is 914. The van der Waals surface area contributed by atoms with E-state index in [0.717, 1.165) is 5.75 Å². The number of carbonyl (C=O) groups is 1. The third-order valence-electron chi connectivity index (χ3n) is 3.66. The molecule has 0 aliphatic heterocycles. The van der Waals surface area contributed by atoms with Crippen molar-refractivity contribution >= 4 is 17.7 Å². The van der Waals surface area contributed by atoms with Gasteiger partial charge in [0.2, 0.25) is 5.91 Å². The molecule has 3 aromatic rings. The van der Waals surface area contributed by atoms with E-state index in [1.165, 1.54) is 6.08 Å². The SMILES string of the molecule is COc1ccc(Oc2cc(NC(=O)/C=C/c3ccco3)ccc2OC)cc1. The Hall–Kier alpha value is -3.67. The molecule has 0 saturated heterocycles. The van der Waals surface area contributed by atoms with Crippen LogP contribution in [0.15, 0.2) is 71.4 Å². The molecule has 2 aromatic carbocycles. The summed E-state index contributed by atoms with van der Waals surface area (Å²) in [7, 11) is 3.16. The van der Waals surface area contributed by atoms with E-state index in [1.807, 2.05) is 0 Å². The number of methoxy groups -OCH3 is 2. The van der Waals surface area contributed by atoms with Crippen molar-refractivity contribution in [1.29, 1.82) is 0 Å². The number of nitrogens with one attached hydrogen (secondary N) is 1. The third kappa shape index (κ3) is 4.92. The van der Waals surface area contributed by atoms with E-state index in [-0.39, 0.29) is 5.91 Å². The summed E-state index contributed by atoms with van der Waals surface area (Å²) in [5.74, 6) is 2.70. The third-order valence-corrected chi connectivity index (χ3v) is 3.66. The Balaban J connectivity index is 1.73. The monoisotopic (exact) mass is 365 g/mol. The molecule has 0 saturated carbocycles. The number of anilines is 1. The average Bonchev–Trinajstić information content (AvgIpc) is 3.21. The van der Waals surface area contributed by atoms with Gasteiger partial charge in [-0.15, -0.1) is 0 Å². The van der Waals surface area contributed by atoms with E-state index < -0.39 is 0 Å². The van der Waals surface area contributed by atoms with Crippen LogP contribution in [0.5, 0.6) is 23.0 Å². The first-order valence-electron chi connectivity index (χ1n) is 8.20. The number of carbonyl (C=O) groups excluding carboxylic acids is 1. The molecule has 1 amide bonds. The first kappa shape index (κ1) is 18.1. The molecule has 0 aliphatic carbocycles. The molecule has 138 valence electrons. The molecule has 0 bridgehead atoms. The van der Waals surface area contributed by atoms with Crippen molar-refractivity contribution < 1.29 is 23.4 Å². The minimum absolute atomic E-state index is 0.285. The van der Waals surface area contributed by atoms with Crippen molar-refractivity contribution in [3.05, 3.63) is 72.7 Å². The molecule has 0 fully saturated rings. The minimum Gasteiger partial charge on any atom is -0.497 e.